The third-order valence-electron chi connectivity index (χ3n) is 13.8. The van der Waals surface area contributed by atoms with Crippen molar-refractivity contribution in [2.24, 2.45) is 0 Å². The minimum atomic E-state index is 0.883. The van der Waals surface area contributed by atoms with E-state index in [1.54, 1.807) is 0 Å². The molecule has 4 nitrogen and oxygen atoms in total. The lowest BCUT2D eigenvalue weighted by molar-refractivity contribution is 0.759. The molecular weight excluding hydrogens is 813 g/mol. The molecule has 67 heavy (non-hydrogen) atoms. The second-order valence-corrected chi connectivity index (χ2v) is 17.6. The summed E-state index contributed by atoms with van der Waals surface area (Å²) in [5.74, 6) is 0. The van der Waals surface area contributed by atoms with Gasteiger partial charge in [-0.1, -0.05) is 165 Å². The first-order chi connectivity index (χ1) is 33.2. The number of hydrogen-bond acceptors (Lipinski definition) is 0. The smallest absolute Gasteiger partial charge is 0.0641 e. The molecule has 4 aromatic heterocycles. The lowest BCUT2D eigenvalue weighted by atomic mass is 10.0. The maximum Gasteiger partial charge on any atom is 0.0641 e. The molecule has 0 aliphatic carbocycles. The highest BCUT2D eigenvalue weighted by Gasteiger charge is 2.22. The Balaban J connectivity index is 0.893. The number of benzene rings is 8. The normalized spacial score (nSPS) is 12.8. The van der Waals surface area contributed by atoms with Gasteiger partial charge in [-0.15, -0.1) is 0 Å². The number of aromatic nitrogens is 4. The van der Waals surface area contributed by atoms with Gasteiger partial charge in [0.05, 0.1) is 33.1 Å². The Kier molecular flexibility index (Phi) is 10.3. The van der Waals surface area contributed by atoms with Gasteiger partial charge in [-0.05, 0) is 98.0 Å². The molecule has 0 fully saturated rings. The van der Waals surface area contributed by atoms with Crippen LogP contribution in [0.3, 0.4) is 0 Å². The maximum atomic E-state index is 2.58. The summed E-state index contributed by atoms with van der Waals surface area (Å²) in [4.78, 5) is 0. The van der Waals surface area contributed by atoms with Crippen molar-refractivity contribution in [3.63, 3.8) is 0 Å². The van der Waals surface area contributed by atoms with E-state index < -0.39 is 0 Å². The second-order valence-electron chi connectivity index (χ2n) is 17.6. The summed E-state index contributed by atoms with van der Waals surface area (Å²) in [7, 11) is 0. The minimum absolute atomic E-state index is 0.883. The minimum Gasteiger partial charge on any atom is -0.340 e. The van der Waals surface area contributed by atoms with Crippen molar-refractivity contribution in [2.45, 2.75) is 46.2 Å². The summed E-state index contributed by atoms with van der Waals surface area (Å²) < 4.78 is 10.00. The molecule has 0 atom stereocenters. The molecule has 0 unspecified atom stereocenters. The van der Waals surface area contributed by atoms with E-state index in [2.05, 4.69) is 251 Å². The van der Waals surface area contributed by atoms with Crippen LogP contribution in [0.15, 0.2) is 218 Å². The zero-order valence-electron chi connectivity index (χ0n) is 38.1. The van der Waals surface area contributed by atoms with Crippen molar-refractivity contribution >= 4 is 92.8 Å². The number of fused-ring (bicyclic) bond motifs is 14. The SMILES string of the molecule is C/C=C\C=C/CCn1c2ccccc2c2c1ccc1c3ccccc3n(CC/C=C\C(=C/CC)c3ccc(-n4c5ccccc5c5c4ccc4c6ccccc6n(-c6ccccc6)c45)cc3)c12. The predicted molar refractivity (Wildman–Crippen MR) is 288 cm³/mol. The molecule has 0 radical (unpaired) electrons. The first kappa shape index (κ1) is 40.4. The molecule has 324 valence electrons. The van der Waals surface area contributed by atoms with Crippen LogP contribution in [0.1, 0.15) is 38.7 Å². The molecule has 0 saturated carbocycles. The van der Waals surface area contributed by atoms with Crippen LogP contribution in [-0.2, 0) is 13.1 Å². The van der Waals surface area contributed by atoms with Crippen molar-refractivity contribution in [3.8, 4) is 11.4 Å². The van der Waals surface area contributed by atoms with Gasteiger partial charge in [0, 0.05) is 78.6 Å². The number of aryl methyl sites for hydroxylation is 2. The Morgan fingerprint density at radius 1 is 0.418 bits per heavy atom. The number of para-hydroxylation sites is 5. The Hall–Kier alpha value is -8.08. The summed E-state index contributed by atoms with van der Waals surface area (Å²) in [5, 5.41) is 10.4. The van der Waals surface area contributed by atoms with Gasteiger partial charge in [-0.3, -0.25) is 0 Å². The molecule has 0 bridgehead atoms. The molecule has 0 N–H and O–H groups in total. The summed E-state index contributed by atoms with van der Waals surface area (Å²) in [6.45, 7) is 6.11. The predicted octanol–water partition coefficient (Wildman–Crippen LogP) is 17.1. The average molecular weight is 865 g/mol. The average Bonchev–Trinajstić information content (AvgIpc) is 4.10. The lowest BCUT2D eigenvalue weighted by Crippen LogP contribution is -1.98. The molecular formula is C63H52N4. The van der Waals surface area contributed by atoms with Gasteiger partial charge >= 0.3 is 0 Å². The first-order valence-electron chi connectivity index (χ1n) is 23.9. The van der Waals surface area contributed by atoms with E-state index in [-0.39, 0.29) is 0 Å². The lowest BCUT2D eigenvalue weighted by Gasteiger charge is -2.11. The highest BCUT2D eigenvalue weighted by Crippen LogP contribution is 2.43. The van der Waals surface area contributed by atoms with E-state index in [1.165, 1.54) is 104 Å². The molecule has 0 spiro atoms. The van der Waals surface area contributed by atoms with Crippen molar-refractivity contribution in [3.05, 3.63) is 224 Å². The Morgan fingerprint density at radius 3 is 1.67 bits per heavy atom. The fourth-order valence-electron chi connectivity index (χ4n) is 11.0. The van der Waals surface area contributed by atoms with Gasteiger partial charge in [-0.2, -0.15) is 0 Å². The van der Waals surface area contributed by atoms with Crippen molar-refractivity contribution < 1.29 is 0 Å². The van der Waals surface area contributed by atoms with Crippen molar-refractivity contribution in [1.29, 1.82) is 0 Å². The van der Waals surface area contributed by atoms with E-state index in [0.29, 0.717) is 0 Å². The molecule has 12 rings (SSSR count). The molecule has 0 aliphatic rings. The Morgan fingerprint density at radius 2 is 0.955 bits per heavy atom. The number of nitrogens with zero attached hydrogens (tertiary/aromatic N) is 4. The number of rotatable bonds is 12. The monoisotopic (exact) mass is 864 g/mol. The summed E-state index contributed by atoms with van der Waals surface area (Å²) >= 11 is 0. The number of allylic oxidation sites excluding steroid dienone is 8. The second kappa shape index (κ2) is 17.0. The molecule has 8 aromatic carbocycles. The van der Waals surface area contributed by atoms with E-state index >= 15 is 0 Å². The van der Waals surface area contributed by atoms with Gasteiger partial charge in [0.25, 0.3) is 0 Å². The third kappa shape index (κ3) is 6.66. The molecule has 0 saturated heterocycles. The van der Waals surface area contributed by atoms with E-state index in [9.17, 15) is 0 Å². The van der Waals surface area contributed by atoms with E-state index in [1.807, 2.05) is 0 Å². The molecule has 4 heterocycles. The van der Waals surface area contributed by atoms with Crippen LogP contribution in [0.5, 0.6) is 0 Å². The van der Waals surface area contributed by atoms with E-state index in [4.69, 9.17) is 0 Å². The molecule has 4 heteroatoms. The van der Waals surface area contributed by atoms with Gasteiger partial charge in [-0.25, -0.2) is 0 Å². The van der Waals surface area contributed by atoms with Crippen LogP contribution in [0.25, 0.3) is 104 Å². The van der Waals surface area contributed by atoms with Crippen LogP contribution in [0.2, 0.25) is 0 Å². The Labute approximate surface area is 390 Å². The molecule has 0 amide bonds. The van der Waals surface area contributed by atoms with Gasteiger partial charge in [0.2, 0.25) is 0 Å². The third-order valence-corrected chi connectivity index (χ3v) is 13.8. The van der Waals surface area contributed by atoms with Gasteiger partial charge in [0.1, 0.15) is 0 Å². The van der Waals surface area contributed by atoms with Crippen molar-refractivity contribution in [2.75, 3.05) is 0 Å². The van der Waals surface area contributed by atoms with Crippen LogP contribution < -0.4 is 0 Å². The van der Waals surface area contributed by atoms with Crippen LogP contribution in [-0.4, -0.2) is 18.3 Å². The van der Waals surface area contributed by atoms with Crippen LogP contribution in [0, 0.1) is 0 Å². The van der Waals surface area contributed by atoms with E-state index in [0.717, 1.165) is 38.0 Å². The van der Waals surface area contributed by atoms with Gasteiger partial charge < -0.3 is 18.3 Å². The molecule has 12 aromatic rings. The Bertz CT molecular complexity index is 3950. The summed E-state index contributed by atoms with van der Waals surface area (Å²) in [5.41, 5.74) is 14.9. The molecule has 0 aliphatic heterocycles. The quantitative estimate of drug-likeness (QED) is 0.109. The highest BCUT2D eigenvalue weighted by molar-refractivity contribution is 6.27. The van der Waals surface area contributed by atoms with Gasteiger partial charge in [0.15, 0.2) is 0 Å². The summed E-state index contributed by atoms with van der Waals surface area (Å²) in [6, 6.07) is 64.9. The fraction of sp³-hybridized carbons (Fsp3) is 0.111. The standard InChI is InChI=1S/C63H52N4/c1-3-5-6-7-20-42-64-55-31-16-13-28-52(55)60-58(64)40-38-50-48-26-11-15-30-54(48)65(62(50)60)43-21-19-23-44(22-4-2)45-34-36-47(37-35-45)66-57-33-18-14-29-53(57)61-59(66)41-39-51-49-27-12-17-32-56(49)67(63(51)61)46-24-9-8-10-25-46/h3,5-19,22-41H,4,20-21,42-43H2,1-2H3/b5-3-,7-6-,23-19-,44-22+. The van der Waals surface area contributed by atoms with Crippen LogP contribution in [0.4, 0.5) is 0 Å². The maximum absolute atomic E-state index is 2.58. The zero-order chi connectivity index (χ0) is 44.8. The van der Waals surface area contributed by atoms with Crippen LogP contribution >= 0.6 is 0 Å². The number of hydrogen-bond donors (Lipinski definition) is 0. The largest absolute Gasteiger partial charge is 0.340 e. The fourth-order valence-corrected chi connectivity index (χ4v) is 11.0. The summed E-state index contributed by atoms with van der Waals surface area (Å²) in [6.07, 6.45) is 18.5. The highest BCUT2D eigenvalue weighted by atomic mass is 15.0. The first-order valence-corrected chi connectivity index (χ1v) is 23.9. The zero-order valence-corrected chi connectivity index (χ0v) is 38.1. The van der Waals surface area contributed by atoms with Crippen molar-refractivity contribution in [1.82, 2.24) is 18.3 Å². The topological polar surface area (TPSA) is 19.7 Å².